The molecule has 364 valence electrons. The number of aliphatic hydroxyl groups is 3. The van der Waals surface area contributed by atoms with Gasteiger partial charge in [-0.3, -0.25) is 0 Å². The molecule has 0 saturated carbocycles. The molecular formula is C54H46O17. The quantitative estimate of drug-likeness (QED) is 0.0352. The fourth-order valence-electron chi connectivity index (χ4n) is 7.12. The third-order valence-electron chi connectivity index (χ3n) is 10.6. The Kier molecular flexibility index (Phi) is 17.7. The monoisotopic (exact) mass is 966 g/mol. The van der Waals surface area contributed by atoms with Gasteiger partial charge in [-0.1, -0.05) is 109 Å². The molecule has 6 aromatic carbocycles. The van der Waals surface area contributed by atoms with Crippen LogP contribution in [0.25, 0.3) is 0 Å². The number of carbonyl (C=O) groups excluding carboxylic acids is 6. The van der Waals surface area contributed by atoms with Crippen molar-refractivity contribution in [3.8, 4) is 0 Å². The highest BCUT2D eigenvalue weighted by Gasteiger charge is 2.54. The molecule has 0 radical (unpaired) electrons. The zero-order valence-electron chi connectivity index (χ0n) is 37.5. The number of hydrogen-bond acceptors (Lipinski definition) is 17. The Bertz CT molecular complexity index is 2760. The lowest BCUT2D eigenvalue weighted by Crippen LogP contribution is -2.63. The Hall–Kier alpha value is -8.32. The first-order valence-corrected chi connectivity index (χ1v) is 22.1. The minimum absolute atomic E-state index is 0.00112. The molecule has 1 saturated heterocycles. The van der Waals surface area contributed by atoms with Crippen LogP contribution in [0.3, 0.4) is 0 Å². The summed E-state index contributed by atoms with van der Waals surface area (Å²) in [5.41, 5.74) is -0.105. The van der Waals surface area contributed by atoms with Gasteiger partial charge in [0.1, 0.15) is 6.10 Å². The highest BCUT2D eigenvalue weighted by Crippen LogP contribution is 2.34. The predicted molar refractivity (Wildman–Crippen MR) is 248 cm³/mol. The van der Waals surface area contributed by atoms with Gasteiger partial charge in [0, 0.05) is 13.0 Å². The number of rotatable bonds is 19. The van der Waals surface area contributed by atoms with Gasteiger partial charge in [-0.15, -0.1) is 0 Å². The molecule has 7 atom stereocenters. The van der Waals surface area contributed by atoms with E-state index in [1.807, 2.05) is 0 Å². The molecule has 17 nitrogen and oxygen atoms in total. The summed E-state index contributed by atoms with van der Waals surface area (Å²) in [7, 11) is 0. The van der Waals surface area contributed by atoms with Gasteiger partial charge in [-0.2, -0.15) is 0 Å². The normalized spacial score (nSPS) is 18.5. The average Bonchev–Trinajstić information content (AvgIpc) is 3.42. The molecule has 71 heavy (non-hydrogen) atoms. The number of ether oxygens (including phenoxy) is 8. The van der Waals surface area contributed by atoms with E-state index >= 15 is 0 Å². The van der Waals surface area contributed by atoms with Gasteiger partial charge in [-0.25, -0.2) is 28.8 Å². The molecule has 1 fully saturated rings. The molecule has 0 amide bonds. The Balaban J connectivity index is 1.37. The van der Waals surface area contributed by atoms with Crippen LogP contribution in [0, 0.1) is 0 Å². The van der Waals surface area contributed by atoms with Crippen molar-refractivity contribution in [2.24, 2.45) is 0 Å². The second-order valence-corrected chi connectivity index (χ2v) is 15.4. The van der Waals surface area contributed by atoms with Gasteiger partial charge in [0.25, 0.3) is 0 Å². The minimum atomic E-state index is -2.66. The molecule has 0 spiro atoms. The third-order valence-corrected chi connectivity index (χ3v) is 10.6. The maximum absolute atomic E-state index is 14.0. The van der Waals surface area contributed by atoms with E-state index in [-0.39, 0.29) is 33.4 Å². The third kappa shape index (κ3) is 13.3. The van der Waals surface area contributed by atoms with Crippen molar-refractivity contribution in [1.82, 2.24) is 0 Å². The van der Waals surface area contributed by atoms with E-state index < -0.39 is 110 Å². The fourth-order valence-corrected chi connectivity index (χ4v) is 7.12. The van der Waals surface area contributed by atoms with Crippen LogP contribution in [-0.4, -0.2) is 107 Å². The predicted octanol–water partition coefficient (Wildman–Crippen LogP) is 6.25. The largest absolute Gasteiger partial charge is 0.452 e. The van der Waals surface area contributed by atoms with E-state index in [1.54, 1.807) is 72.8 Å². The fraction of sp³-hybridized carbons (Fsp3) is 0.185. The molecule has 1 aliphatic rings. The van der Waals surface area contributed by atoms with Gasteiger partial charge in [0.05, 0.1) is 40.0 Å². The van der Waals surface area contributed by atoms with E-state index in [9.17, 15) is 44.1 Å². The van der Waals surface area contributed by atoms with E-state index in [4.69, 9.17) is 37.9 Å². The second-order valence-electron chi connectivity index (χ2n) is 15.4. The van der Waals surface area contributed by atoms with Crippen molar-refractivity contribution < 1.29 is 82.0 Å². The number of aliphatic hydroxyl groups excluding tert-OH is 3. The second kappa shape index (κ2) is 24.8. The number of esters is 6. The highest BCUT2D eigenvalue weighted by molar-refractivity contribution is 5.93. The molecule has 7 rings (SSSR count). The summed E-state index contributed by atoms with van der Waals surface area (Å²) < 4.78 is 47.6. The lowest BCUT2D eigenvalue weighted by atomic mass is 9.97. The van der Waals surface area contributed by atoms with Crippen LogP contribution in [-0.2, 0) is 37.9 Å². The van der Waals surface area contributed by atoms with Gasteiger partial charge < -0.3 is 53.2 Å². The molecule has 0 aliphatic carbocycles. The van der Waals surface area contributed by atoms with E-state index in [0.717, 1.165) is 0 Å². The van der Waals surface area contributed by atoms with Crippen LogP contribution in [0.1, 0.15) is 68.6 Å². The molecule has 1 heterocycles. The number of benzene rings is 6. The summed E-state index contributed by atoms with van der Waals surface area (Å²) in [5.74, 6) is -8.18. The number of carbonyl (C=O) groups is 6. The van der Waals surface area contributed by atoms with Crippen LogP contribution in [0.15, 0.2) is 194 Å². The summed E-state index contributed by atoms with van der Waals surface area (Å²) in [4.78, 5) is 83.3. The zero-order valence-corrected chi connectivity index (χ0v) is 37.5. The minimum Gasteiger partial charge on any atom is -0.452 e. The Labute approximate surface area is 406 Å². The van der Waals surface area contributed by atoms with Crippen LogP contribution >= 0.6 is 0 Å². The lowest BCUT2D eigenvalue weighted by molar-refractivity contribution is -0.326. The van der Waals surface area contributed by atoms with Crippen LogP contribution in [0.5, 0.6) is 0 Å². The molecule has 0 bridgehead atoms. The topological polar surface area (TPSA) is 237 Å². The van der Waals surface area contributed by atoms with Gasteiger partial charge in [0.15, 0.2) is 30.2 Å². The van der Waals surface area contributed by atoms with Crippen molar-refractivity contribution in [2.45, 2.75) is 49.5 Å². The molecule has 17 heteroatoms. The molecule has 3 N–H and O–H groups in total. The first-order valence-electron chi connectivity index (χ1n) is 22.1. The smallest absolute Gasteiger partial charge is 0.343 e. The highest BCUT2D eigenvalue weighted by atomic mass is 16.8. The summed E-state index contributed by atoms with van der Waals surface area (Å²) in [6.45, 7) is -1.70. The first kappa shape index (κ1) is 50.6. The molecule has 1 aliphatic heterocycles. The Morgan fingerprint density at radius 1 is 0.437 bits per heavy atom. The Morgan fingerprint density at radius 2 is 0.775 bits per heavy atom. The van der Waals surface area contributed by atoms with Crippen molar-refractivity contribution in [3.63, 3.8) is 0 Å². The van der Waals surface area contributed by atoms with Crippen molar-refractivity contribution in [3.05, 3.63) is 227 Å². The molecular weight excluding hydrogens is 921 g/mol. The van der Waals surface area contributed by atoms with Crippen LogP contribution in [0.2, 0.25) is 0 Å². The van der Waals surface area contributed by atoms with Gasteiger partial charge in [-0.05, 0) is 72.8 Å². The summed E-state index contributed by atoms with van der Waals surface area (Å²) in [5, 5.41) is 33.6. The Morgan fingerprint density at radius 3 is 1.15 bits per heavy atom. The molecule has 0 aromatic heterocycles. The standard InChI is InChI=1S/C54H46O17/c55-32-31-40(64-47(57)34-19-7-1-8-20-34)42(66-48(58)35-21-9-2-10-22-35)45(69-51(61)38-27-15-5-16-28-38)53(63)71-54-46(70-52(62)39-29-17-6-18-30-39)44(68-50(60)37-25-13-4-14-26-37)43(41(33-56)65-54)67-49(59)36-23-11-3-12-24-36/h1-30,40-41,43-44,46,53-56,63H,31-33H2/b45-42+. The zero-order chi connectivity index (χ0) is 50.1. The average molecular weight is 967 g/mol. The maximum Gasteiger partial charge on any atom is 0.343 e. The van der Waals surface area contributed by atoms with Gasteiger partial charge >= 0.3 is 35.8 Å². The van der Waals surface area contributed by atoms with E-state index in [0.29, 0.717) is 0 Å². The van der Waals surface area contributed by atoms with Gasteiger partial charge in [0.2, 0.25) is 18.3 Å². The maximum atomic E-state index is 14.0. The first-order chi connectivity index (χ1) is 34.5. The SMILES string of the molecule is O=C(O/C(=C(/OC(=O)c1ccccc1)C(CCO)OC(=O)c1ccccc1)C(O)OC1OC(CO)C(OC(=O)c2ccccc2)C(OC(=O)c2ccccc2)C1OC(=O)c1ccccc1)c1ccccc1. The summed E-state index contributed by atoms with van der Waals surface area (Å²) >= 11 is 0. The van der Waals surface area contributed by atoms with Crippen molar-refractivity contribution in [1.29, 1.82) is 0 Å². The molecule has 6 aromatic rings. The summed E-state index contributed by atoms with van der Waals surface area (Å²) in [6, 6.07) is 45.1. The molecule has 7 unspecified atom stereocenters. The number of hydrogen-bond donors (Lipinski definition) is 3. The summed E-state index contributed by atoms with van der Waals surface area (Å²) in [6.07, 6.45) is -14.5. The van der Waals surface area contributed by atoms with Crippen molar-refractivity contribution in [2.75, 3.05) is 13.2 Å². The van der Waals surface area contributed by atoms with E-state index in [1.165, 1.54) is 109 Å². The van der Waals surface area contributed by atoms with Crippen LogP contribution < -0.4 is 0 Å². The lowest BCUT2D eigenvalue weighted by Gasteiger charge is -2.44. The van der Waals surface area contributed by atoms with E-state index in [2.05, 4.69) is 0 Å². The van der Waals surface area contributed by atoms with Crippen molar-refractivity contribution >= 4 is 35.8 Å². The van der Waals surface area contributed by atoms with Crippen LogP contribution in [0.4, 0.5) is 0 Å².